The Morgan fingerprint density at radius 1 is 0.468 bits per heavy atom. The van der Waals surface area contributed by atoms with Crippen LogP contribution in [0.1, 0.15) is 284 Å². The number of aliphatic hydroxyl groups excluding tert-OH is 2. The minimum absolute atomic E-state index is 0.0763. The predicted molar refractivity (Wildman–Crippen MR) is 269 cm³/mol. The van der Waals surface area contributed by atoms with Gasteiger partial charge in [0.25, 0.3) is 0 Å². The maximum atomic E-state index is 13.2. The van der Waals surface area contributed by atoms with Crippen molar-refractivity contribution in [2.24, 2.45) is 0 Å². The molecule has 0 saturated heterocycles. The fourth-order valence-electron chi connectivity index (χ4n) is 8.32. The number of unbranched alkanes of at least 4 members (excludes halogenated alkanes) is 31. The van der Waals surface area contributed by atoms with E-state index in [4.69, 9.17) is 4.74 Å². The monoisotopic (exact) mass is 872 g/mol. The van der Waals surface area contributed by atoms with Gasteiger partial charge in [0.05, 0.1) is 25.2 Å². The van der Waals surface area contributed by atoms with Gasteiger partial charge >= 0.3 is 5.97 Å². The molecule has 0 aliphatic rings. The molecule has 0 spiro atoms. The number of amides is 1. The molecule has 3 N–H and O–H groups in total. The average Bonchev–Trinajstić information content (AvgIpc) is 3.26. The zero-order chi connectivity index (χ0) is 45.2. The highest BCUT2D eigenvalue weighted by molar-refractivity contribution is 5.77. The number of hydrogen-bond acceptors (Lipinski definition) is 5. The largest absolute Gasteiger partial charge is 0.462 e. The molecule has 62 heavy (non-hydrogen) atoms. The molecule has 0 aromatic heterocycles. The van der Waals surface area contributed by atoms with Gasteiger partial charge in [-0.1, -0.05) is 243 Å². The third-order valence-electron chi connectivity index (χ3n) is 12.5. The number of allylic oxidation sites excluding steroid dienone is 6. The predicted octanol–water partition coefficient (Wildman–Crippen LogP) is 16.5. The normalized spacial score (nSPS) is 13.4. The van der Waals surface area contributed by atoms with Gasteiger partial charge in [-0.3, -0.25) is 9.59 Å². The van der Waals surface area contributed by atoms with Crippen LogP contribution in [0.25, 0.3) is 0 Å². The average molecular weight is 872 g/mol. The van der Waals surface area contributed by atoms with Crippen molar-refractivity contribution in [1.29, 1.82) is 0 Å². The molecule has 1 amide bonds. The van der Waals surface area contributed by atoms with E-state index in [1.807, 2.05) is 0 Å². The Morgan fingerprint density at radius 2 is 0.823 bits per heavy atom. The van der Waals surface area contributed by atoms with Crippen LogP contribution in [0.2, 0.25) is 0 Å². The van der Waals surface area contributed by atoms with Crippen molar-refractivity contribution in [1.82, 2.24) is 5.32 Å². The highest BCUT2D eigenvalue weighted by atomic mass is 16.5. The molecule has 0 aromatic rings. The first-order valence-corrected chi connectivity index (χ1v) is 27.2. The molecule has 6 nitrogen and oxygen atoms in total. The Balaban J connectivity index is 4.52. The van der Waals surface area contributed by atoms with E-state index in [1.54, 1.807) is 0 Å². The summed E-state index contributed by atoms with van der Waals surface area (Å²) < 4.78 is 5.94. The quantitative estimate of drug-likeness (QED) is 0.0321. The fraction of sp³-hybridized carbons (Fsp3) is 0.857. The van der Waals surface area contributed by atoms with Crippen LogP contribution in [0.4, 0.5) is 0 Å². The summed E-state index contributed by atoms with van der Waals surface area (Å²) in [5, 5.41) is 23.8. The van der Waals surface area contributed by atoms with Crippen molar-refractivity contribution in [3.8, 4) is 0 Å². The molecule has 0 aliphatic heterocycles. The zero-order valence-corrected chi connectivity index (χ0v) is 41.5. The van der Waals surface area contributed by atoms with Gasteiger partial charge in [0.1, 0.15) is 6.10 Å². The highest BCUT2D eigenvalue weighted by Crippen LogP contribution is 2.18. The molecule has 0 rings (SSSR count). The lowest BCUT2D eigenvalue weighted by Crippen LogP contribution is -2.46. The Hall–Kier alpha value is -1.92. The van der Waals surface area contributed by atoms with E-state index in [0.29, 0.717) is 19.3 Å². The molecular formula is C56H105NO5. The first-order valence-electron chi connectivity index (χ1n) is 27.2. The number of hydrogen-bond donors (Lipinski definition) is 3. The maximum Gasteiger partial charge on any atom is 0.306 e. The molecule has 0 aliphatic carbocycles. The number of carbonyl (C=O) groups is 2. The van der Waals surface area contributed by atoms with Crippen LogP contribution in [-0.4, -0.2) is 46.9 Å². The van der Waals surface area contributed by atoms with E-state index < -0.39 is 18.2 Å². The second-order valence-electron chi connectivity index (χ2n) is 18.6. The fourth-order valence-corrected chi connectivity index (χ4v) is 8.32. The first-order chi connectivity index (χ1) is 30.5. The van der Waals surface area contributed by atoms with Crippen molar-refractivity contribution in [2.75, 3.05) is 6.61 Å². The lowest BCUT2D eigenvalue weighted by atomic mass is 10.0. The Morgan fingerprint density at radius 3 is 1.27 bits per heavy atom. The Labute approximate surface area is 385 Å². The standard InChI is InChI=1S/C56H105NO5/c1-4-7-10-13-16-19-22-25-26-27-28-29-30-31-34-37-40-43-46-49-56(61)62-52(47-44-41-38-35-32-23-20-17-14-11-8-5-2)50-55(60)57-53(51-58)54(59)48-45-42-39-36-33-24-21-18-15-12-9-6-3/h16,19,25-26,28-29,52-54,58-59H,4-15,17-18,20-24,27,30-51H2,1-3H3,(H,57,60)/b19-16-,26-25-,29-28-. The van der Waals surface area contributed by atoms with Crippen LogP contribution in [0, 0.1) is 0 Å². The third-order valence-corrected chi connectivity index (χ3v) is 12.5. The van der Waals surface area contributed by atoms with E-state index in [-0.39, 0.29) is 24.9 Å². The molecule has 0 fully saturated rings. The van der Waals surface area contributed by atoms with Crippen molar-refractivity contribution >= 4 is 11.9 Å². The summed E-state index contributed by atoms with van der Waals surface area (Å²) in [4.78, 5) is 26.2. The van der Waals surface area contributed by atoms with E-state index in [0.717, 1.165) is 64.2 Å². The minimum atomic E-state index is -0.786. The molecule has 0 aromatic carbocycles. The van der Waals surface area contributed by atoms with E-state index in [1.165, 1.54) is 173 Å². The van der Waals surface area contributed by atoms with Crippen molar-refractivity contribution in [3.05, 3.63) is 36.5 Å². The van der Waals surface area contributed by atoms with Crippen molar-refractivity contribution < 1.29 is 24.5 Å². The number of rotatable bonds is 49. The second kappa shape index (κ2) is 50.1. The molecular weight excluding hydrogens is 767 g/mol. The topological polar surface area (TPSA) is 95.9 Å². The summed E-state index contributed by atoms with van der Waals surface area (Å²) in [6.45, 7) is 6.47. The maximum absolute atomic E-state index is 13.2. The van der Waals surface area contributed by atoms with Crippen LogP contribution in [0.3, 0.4) is 0 Å². The summed E-state index contributed by atoms with van der Waals surface area (Å²) in [5.41, 5.74) is 0. The van der Waals surface area contributed by atoms with E-state index in [2.05, 4.69) is 62.5 Å². The minimum Gasteiger partial charge on any atom is -0.462 e. The molecule has 0 heterocycles. The highest BCUT2D eigenvalue weighted by Gasteiger charge is 2.24. The molecule has 6 heteroatoms. The molecule has 0 radical (unpaired) electrons. The summed E-state index contributed by atoms with van der Waals surface area (Å²) in [6, 6.07) is -0.700. The van der Waals surface area contributed by atoms with Gasteiger partial charge < -0.3 is 20.3 Å². The Kier molecular flexibility index (Phi) is 48.5. The first kappa shape index (κ1) is 60.1. The summed E-state index contributed by atoms with van der Waals surface area (Å²) >= 11 is 0. The van der Waals surface area contributed by atoms with Crippen molar-refractivity contribution in [3.63, 3.8) is 0 Å². The van der Waals surface area contributed by atoms with Gasteiger partial charge in [0, 0.05) is 6.42 Å². The van der Waals surface area contributed by atoms with Gasteiger partial charge in [-0.25, -0.2) is 0 Å². The van der Waals surface area contributed by atoms with Gasteiger partial charge in [-0.05, 0) is 64.2 Å². The van der Waals surface area contributed by atoms with Crippen LogP contribution in [0.5, 0.6) is 0 Å². The van der Waals surface area contributed by atoms with Crippen molar-refractivity contribution in [2.45, 2.75) is 302 Å². The number of aliphatic hydroxyl groups is 2. The molecule has 0 bridgehead atoms. The van der Waals surface area contributed by atoms with Crippen LogP contribution in [0.15, 0.2) is 36.5 Å². The number of ether oxygens (including phenoxy) is 1. The van der Waals surface area contributed by atoms with Gasteiger partial charge in [-0.15, -0.1) is 0 Å². The smallest absolute Gasteiger partial charge is 0.306 e. The molecule has 364 valence electrons. The van der Waals surface area contributed by atoms with Crippen LogP contribution in [-0.2, 0) is 14.3 Å². The lowest BCUT2D eigenvalue weighted by Gasteiger charge is -2.24. The molecule has 3 atom stereocenters. The number of esters is 1. The zero-order valence-electron chi connectivity index (χ0n) is 41.5. The third kappa shape index (κ3) is 44.7. The Bertz CT molecular complexity index is 1020. The van der Waals surface area contributed by atoms with Crippen LogP contribution < -0.4 is 5.32 Å². The van der Waals surface area contributed by atoms with Crippen LogP contribution >= 0.6 is 0 Å². The van der Waals surface area contributed by atoms with Gasteiger partial charge in [-0.2, -0.15) is 0 Å². The summed E-state index contributed by atoms with van der Waals surface area (Å²) in [7, 11) is 0. The second-order valence-corrected chi connectivity index (χ2v) is 18.6. The lowest BCUT2D eigenvalue weighted by molar-refractivity contribution is -0.151. The van der Waals surface area contributed by atoms with E-state index in [9.17, 15) is 19.8 Å². The molecule has 3 unspecified atom stereocenters. The number of nitrogens with one attached hydrogen (secondary N) is 1. The SMILES string of the molecule is CCCCC/C=C\C/C=C\C/C=C\CCCCCCCCC(=O)OC(CCCCCCCCCCCCCC)CC(=O)NC(CO)C(O)CCCCCCCCCCCCCC. The number of carbonyl (C=O) groups excluding carboxylic acids is 2. The molecule has 0 saturated carbocycles. The summed E-state index contributed by atoms with van der Waals surface area (Å²) in [6.07, 6.45) is 59.1. The van der Waals surface area contributed by atoms with Gasteiger partial charge in [0.15, 0.2) is 0 Å². The summed E-state index contributed by atoms with van der Waals surface area (Å²) in [5.74, 6) is -0.476. The van der Waals surface area contributed by atoms with E-state index >= 15 is 0 Å². The van der Waals surface area contributed by atoms with Gasteiger partial charge in [0.2, 0.25) is 5.91 Å².